The summed E-state index contributed by atoms with van der Waals surface area (Å²) in [6.45, 7) is 7.44. The number of hydrogen-bond donors (Lipinski definition) is 1. The summed E-state index contributed by atoms with van der Waals surface area (Å²) in [5.74, 6) is 0. The number of piperazine rings is 1. The number of anilines is 1. The van der Waals surface area contributed by atoms with Crippen LogP contribution in [-0.4, -0.2) is 44.2 Å². The van der Waals surface area contributed by atoms with E-state index in [9.17, 15) is 4.79 Å². The predicted molar refractivity (Wildman–Crippen MR) is 74.2 cm³/mol. The largest absolute Gasteiger partial charge is 0.324 e. The Morgan fingerprint density at radius 2 is 1.94 bits per heavy atom. The van der Waals surface area contributed by atoms with Crippen molar-refractivity contribution in [2.45, 2.75) is 13.8 Å². The van der Waals surface area contributed by atoms with E-state index < -0.39 is 0 Å². The molecule has 1 aliphatic heterocycles. The van der Waals surface area contributed by atoms with E-state index in [1.807, 2.05) is 31.0 Å². The second-order valence-corrected chi connectivity index (χ2v) is 4.87. The van der Waals surface area contributed by atoms with Gasteiger partial charge in [0.1, 0.15) is 0 Å². The van der Waals surface area contributed by atoms with E-state index >= 15 is 0 Å². The Labute approximate surface area is 109 Å². The van der Waals surface area contributed by atoms with E-state index in [1.165, 1.54) is 5.56 Å². The summed E-state index contributed by atoms with van der Waals surface area (Å²) in [5, 5.41) is 3.25. The molecule has 0 aromatic heterocycles. The third-order valence-corrected chi connectivity index (χ3v) is 3.39. The van der Waals surface area contributed by atoms with Crippen LogP contribution < -0.4 is 10.2 Å². The number of rotatable bonds is 1. The molecule has 0 radical (unpaired) electrons. The zero-order chi connectivity index (χ0) is 13.1. The van der Waals surface area contributed by atoms with Crippen LogP contribution in [0.25, 0.3) is 0 Å². The number of carbonyl (C=O) groups is 1. The van der Waals surface area contributed by atoms with Gasteiger partial charge in [-0.3, -0.25) is 4.90 Å². The first-order valence-electron chi connectivity index (χ1n) is 6.40. The Morgan fingerprint density at radius 1 is 1.28 bits per heavy atom. The van der Waals surface area contributed by atoms with Gasteiger partial charge in [0.2, 0.25) is 0 Å². The summed E-state index contributed by atoms with van der Waals surface area (Å²) in [4.78, 5) is 16.0. The van der Waals surface area contributed by atoms with E-state index in [-0.39, 0.29) is 6.03 Å². The van der Waals surface area contributed by atoms with Crippen LogP contribution in [0.5, 0.6) is 0 Å². The van der Waals surface area contributed by atoms with Crippen LogP contribution in [0.3, 0.4) is 0 Å². The molecule has 0 saturated carbocycles. The zero-order valence-corrected chi connectivity index (χ0v) is 11.4. The number of hydrogen-bond acceptors (Lipinski definition) is 2. The molecule has 0 unspecified atom stereocenters. The van der Waals surface area contributed by atoms with E-state index in [1.54, 1.807) is 4.90 Å². The first-order chi connectivity index (χ1) is 8.59. The SMILES string of the molecule is Cc1ccc(N(C)C(=O)N2CCNCC2)c(C)c1. The lowest BCUT2D eigenvalue weighted by molar-refractivity contribution is 0.198. The molecule has 1 fully saturated rings. The molecule has 98 valence electrons. The van der Waals surface area contributed by atoms with E-state index in [0.29, 0.717) is 0 Å². The average molecular weight is 247 g/mol. The molecule has 1 heterocycles. The van der Waals surface area contributed by atoms with Gasteiger partial charge in [-0.2, -0.15) is 0 Å². The summed E-state index contributed by atoms with van der Waals surface area (Å²) in [7, 11) is 1.85. The predicted octanol–water partition coefficient (Wildman–Crippen LogP) is 1.76. The monoisotopic (exact) mass is 247 g/mol. The van der Waals surface area contributed by atoms with Crippen LogP contribution in [0.15, 0.2) is 18.2 Å². The lowest BCUT2D eigenvalue weighted by Crippen LogP contribution is -2.50. The van der Waals surface area contributed by atoms with Crippen molar-refractivity contribution < 1.29 is 4.79 Å². The number of amides is 2. The molecule has 1 N–H and O–H groups in total. The lowest BCUT2D eigenvalue weighted by atomic mass is 10.1. The molecular formula is C14H21N3O. The molecule has 1 saturated heterocycles. The Kier molecular flexibility index (Phi) is 3.87. The summed E-state index contributed by atoms with van der Waals surface area (Å²) < 4.78 is 0. The Hall–Kier alpha value is -1.55. The maximum atomic E-state index is 12.4. The highest BCUT2D eigenvalue weighted by Crippen LogP contribution is 2.21. The highest BCUT2D eigenvalue weighted by molar-refractivity contribution is 5.92. The van der Waals surface area contributed by atoms with Gasteiger partial charge in [-0.05, 0) is 25.5 Å². The minimum absolute atomic E-state index is 0.0865. The van der Waals surface area contributed by atoms with Crippen molar-refractivity contribution in [3.8, 4) is 0 Å². The molecule has 2 amide bonds. The molecule has 4 nitrogen and oxygen atoms in total. The van der Waals surface area contributed by atoms with Gasteiger partial charge in [0.15, 0.2) is 0 Å². The Bertz CT molecular complexity index is 439. The molecule has 0 atom stereocenters. The molecule has 0 spiro atoms. The maximum absolute atomic E-state index is 12.4. The van der Waals surface area contributed by atoms with Crippen molar-refractivity contribution in [3.63, 3.8) is 0 Å². The zero-order valence-electron chi connectivity index (χ0n) is 11.4. The van der Waals surface area contributed by atoms with Crippen LogP contribution in [0.2, 0.25) is 0 Å². The molecule has 2 rings (SSSR count). The summed E-state index contributed by atoms with van der Waals surface area (Å²) in [5.41, 5.74) is 3.35. The first kappa shape index (κ1) is 12.9. The van der Waals surface area contributed by atoms with Gasteiger partial charge in [-0.15, -0.1) is 0 Å². The second kappa shape index (κ2) is 5.40. The molecule has 18 heavy (non-hydrogen) atoms. The molecule has 1 aromatic rings. The topological polar surface area (TPSA) is 35.6 Å². The fourth-order valence-corrected chi connectivity index (χ4v) is 2.35. The van der Waals surface area contributed by atoms with E-state index in [0.717, 1.165) is 37.4 Å². The smallest absolute Gasteiger partial charge is 0.322 e. The molecule has 0 bridgehead atoms. The van der Waals surface area contributed by atoms with Gasteiger partial charge in [0.05, 0.1) is 0 Å². The van der Waals surface area contributed by atoms with Gasteiger partial charge in [0.25, 0.3) is 0 Å². The van der Waals surface area contributed by atoms with Crippen LogP contribution in [-0.2, 0) is 0 Å². The molecule has 1 aliphatic rings. The van der Waals surface area contributed by atoms with Crippen molar-refractivity contribution in [1.82, 2.24) is 10.2 Å². The van der Waals surface area contributed by atoms with E-state index in [4.69, 9.17) is 0 Å². The second-order valence-electron chi connectivity index (χ2n) is 4.87. The van der Waals surface area contributed by atoms with Crippen LogP contribution in [0, 0.1) is 13.8 Å². The summed E-state index contributed by atoms with van der Waals surface area (Å²) in [6.07, 6.45) is 0. The van der Waals surface area contributed by atoms with Crippen molar-refractivity contribution in [2.75, 3.05) is 38.1 Å². The third kappa shape index (κ3) is 2.64. The number of aryl methyl sites for hydroxylation is 2. The lowest BCUT2D eigenvalue weighted by Gasteiger charge is -2.32. The van der Waals surface area contributed by atoms with Gasteiger partial charge in [-0.1, -0.05) is 17.7 Å². The van der Waals surface area contributed by atoms with Crippen molar-refractivity contribution in [3.05, 3.63) is 29.3 Å². The summed E-state index contributed by atoms with van der Waals surface area (Å²) >= 11 is 0. The van der Waals surface area contributed by atoms with Crippen LogP contribution in [0.4, 0.5) is 10.5 Å². The van der Waals surface area contributed by atoms with Gasteiger partial charge in [0, 0.05) is 38.9 Å². The number of carbonyl (C=O) groups excluding carboxylic acids is 1. The number of nitrogens with zero attached hydrogens (tertiary/aromatic N) is 2. The molecule has 1 aromatic carbocycles. The fourth-order valence-electron chi connectivity index (χ4n) is 2.35. The molecule has 0 aliphatic carbocycles. The maximum Gasteiger partial charge on any atom is 0.324 e. The quantitative estimate of drug-likeness (QED) is 0.821. The van der Waals surface area contributed by atoms with E-state index in [2.05, 4.69) is 18.3 Å². The van der Waals surface area contributed by atoms with Gasteiger partial charge < -0.3 is 10.2 Å². The first-order valence-corrected chi connectivity index (χ1v) is 6.40. The Balaban J connectivity index is 2.14. The third-order valence-electron chi connectivity index (χ3n) is 3.39. The number of benzene rings is 1. The van der Waals surface area contributed by atoms with Crippen LogP contribution in [0.1, 0.15) is 11.1 Å². The average Bonchev–Trinajstić information content (AvgIpc) is 2.38. The normalized spacial score (nSPS) is 15.6. The van der Waals surface area contributed by atoms with Crippen molar-refractivity contribution in [1.29, 1.82) is 0 Å². The minimum atomic E-state index is 0.0865. The number of urea groups is 1. The van der Waals surface area contributed by atoms with Gasteiger partial charge >= 0.3 is 6.03 Å². The molecule has 4 heteroatoms. The molecular weight excluding hydrogens is 226 g/mol. The van der Waals surface area contributed by atoms with Crippen molar-refractivity contribution >= 4 is 11.7 Å². The standard InChI is InChI=1S/C14H21N3O/c1-11-4-5-13(12(2)10-11)16(3)14(18)17-8-6-15-7-9-17/h4-5,10,15H,6-9H2,1-3H3. The highest BCUT2D eigenvalue weighted by atomic mass is 16.2. The highest BCUT2D eigenvalue weighted by Gasteiger charge is 2.21. The Morgan fingerprint density at radius 3 is 2.56 bits per heavy atom. The fraction of sp³-hybridized carbons (Fsp3) is 0.500. The summed E-state index contributed by atoms with van der Waals surface area (Å²) in [6, 6.07) is 6.26. The van der Waals surface area contributed by atoms with Crippen LogP contribution >= 0.6 is 0 Å². The van der Waals surface area contributed by atoms with Crippen molar-refractivity contribution in [2.24, 2.45) is 0 Å². The van der Waals surface area contributed by atoms with Gasteiger partial charge in [-0.25, -0.2) is 4.79 Å². The minimum Gasteiger partial charge on any atom is -0.322 e. The number of nitrogens with one attached hydrogen (secondary N) is 1.